The Bertz CT molecular complexity index is 224. The molecule has 0 aromatic rings. The van der Waals surface area contributed by atoms with Gasteiger partial charge in [0.05, 0.1) is 18.1 Å². The largest absolute Gasteiger partial charge is 0.380 e. The van der Waals surface area contributed by atoms with E-state index in [4.69, 9.17) is 10.5 Å². The Hall–Kier alpha value is -0.130. The number of nitrogens with two attached hydrogens (primary N) is 1. The zero-order valence-corrected chi connectivity index (χ0v) is 9.85. The van der Waals surface area contributed by atoms with Gasteiger partial charge in [0.2, 0.25) is 0 Å². The fraction of sp³-hybridized carbons (Fsp3) is 1.00. The quantitative estimate of drug-likeness (QED) is 0.611. The van der Waals surface area contributed by atoms with Gasteiger partial charge in [-0.2, -0.15) is 0 Å². The maximum Gasteiger partial charge on any atom is 0.154 e. The molecular formula is C9H21NO3S. The second-order valence-corrected chi connectivity index (χ2v) is 5.79. The van der Waals surface area contributed by atoms with Gasteiger partial charge in [-0.05, 0) is 13.3 Å². The van der Waals surface area contributed by atoms with E-state index >= 15 is 0 Å². The van der Waals surface area contributed by atoms with E-state index in [1.165, 1.54) is 0 Å². The van der Waals surface area contributed by atoms with Crippen LogP contribution in [0.3, 0.4) is 0 Å². The lowest BCUT2D eigenvalue weighted by Gasteiger charge is -2.07. The van der Waals surface area contributed by atoms with Crippen LogP contribution in [0.2, 0.25) is 0 Å². The zero-order chi connectivity index (χ0) is 11.0. The molecule has 0 heterocycles. The maximum absolute atomic E-state index is 11.3. The molecule has 1 unspecified atom stereocenters. The van der Waals surface area contributed by atoms with E-state index in [1.807, 2.05) is 0 Å². The van der Waals surface area contributed by atoms with Gasteiger partial charge >= 0.3 is 0 Å². The van der Waals surface area contributed by atoms with Gasteiger partial charge in [0.15, 0.2) is 9.84 Å². The standard InChI is InChI=1S/C9H21NO3S/c1-3-4-5-13-6-7-14(11,12)8-9(2)10/h9H,3-8,10H2,1-2H3. The summed E-state index contributed by atoms with van der Waals surface area (Å²) in [5.74, 6) is 0.127. The van der Waals surface area contributed by atoms with Crippen LogP contribution in [0.1, 0.15) is 26.7 Å². The van der Waals surface area contributed by atoms with Gasteiger partial charge in [-0.25, -0.2) is 8.42 Å². The van der Waals surface area contributed by atoms with E-state index in [0.717, 1.165) is 12.8 Å². The van der Waals surface area contributed by atoms with Crippen molar-refractivity contribution in [1.29, 1.82) is 0 Å². The molecule has 0 aromatic carbocycles. The Kier molecular flexibility index (Phi) is 7.13. The Morgan fingerprint density at radius 1 is 1.36 bits per heavy atom. The van der Waals surface area contributed by atoms with Crippen LogP contribution >= 0.6 is 0 Å². The van der Waals surface area contributed by atoms with E-state index in [0.29, 0.717) is 6.61 Å². The van der Waals surface area contributed by atoms with Crippen molar-refractivity contribution in [3.63, 3.8) is 0 Å². The van der Waals surface area contributed by atoms with Gasteiger partial charge in [-0.3, -0.25) is 0 Å². The van der Waals surface area contributed by atoms with Crippen LogP contribution in [0.5, 0.6) is 0 Å². The summed E-state index contributed by atoms with van der Waals surface area (Å²) in [6.07, 6.45) is 2.04. The van der Waals surface area contributed by atoms with Crippen molar-refractivity contribution < 1.29 is 13.2 Å². The summed E-state index contributed by atoms with van der Waals surface area (Å²) >= 11 is 0. The lowest BCUT2D eigenvalue weighted by atomic mass is 10.4. The predicted molar refractivity (Wildman–Crippen MR) is 58.0 cm³/mol. The van der Waals surface area contributed by atoms with Crippen molar-refractivity contribution in [2.75, 3.05) is 24.7 Å². The third kappa shape index (κ3) is 8.47. The first kappa shape index (κ1) is 13.9. The molecule has 5 heteroatoms. The lowest BCUT2D eigenvalue weighted by molar-refractivity contribution is 0.146. The Labute approximate surface area is 86.7 Å². The van der Waals surface area contributed by atoms with Gasteiger partial charge in [0, 0.05) is 12.6 Å². The monoisotopic (exact) mass is 223 g/mol. The summed E-state index contributed by atoms with van der Waals surface area (Å²) in [6.45, 7) is 4.69. The molecule has 14 heavy (non-hydrogen) atoms. The number of ether oxygens (including phenoxy) is 1. The molecule has 4 nitrogen and oxygen atoms in total. The summed E-state index contributed by atoms with van der Waals surface area (Å²) in [4.78, 5) is 0. The van der Waals surface area contributed by atoms with Crippen molar-refractivity contribution in [3.8, 4) is 0 Å². The van der Waals surface area contributed by atoms with Crippen LogP contribution in [0, 0.1) is 0 Å². The highest BCUT2D eigenvalue weighted by atomic mass is 32.2. The minimum atomic E-state index is -3.02. The molecule has 0 saturated carbocycles. The van der Waals surface area contributed by atoms with Crippen molar-refractivity contribution in [1.82, 2.24) is 0 Å². The molecular weight excluding hydrogens is 202 g/mol. The third-order valence-corrected chi connectivity index (χ3v) is 3.52. The van der Waals surface area contributed by atoms with E-state index in [-0.39, 0.29) is 24.2 Å². The number of hydrogen-bond acceptors (Lipinski definition) is 4. The Morgan fingerprint density at radius 3 is 2.50 bits per heavy atom. The first-order valence-electron chi connectivity index (χ1n) is 5.01. The lowest BCUT2D eigenvalue weighted by Crippen LogP contribution is -2.29. The molecule has 0 aliphatic heterocycles. The second kappa shape index (κ2) is 7.20. The normalized spacial score (nSPS) is 14.2. The third-order valence-electron chi connectivity index (χ3n) is 1.70. The van der Waals surface area contributed by atoms with Gasteiger partial charge in [0.25, 0.3) is 0 Å². The highest BCUT2D eigenvalue weighted by Gasteiger charge is 2.12. The molecule has 0 aliphatic rings. The Morgan fingerprint density at radius 2 is 2.00 bits per heavy atom. The highest BCUT2D eigenvalue weighted by molar-refractivity contribution is 7.91. The average Bonchev–Trinajstić information content (AvgIpc) is 2.01. The number of hydrogen-bond donors (Lipinski definition) is 1. The van der Waals surface area contributed by atoms with E-state index < -0.39 is 9.84 Å². The van der Waals surface area contributed by atoms with E-state index in [9.17, 15) is 8.42 Å². The van der Waals surface area contributed by atoms with Crippen LogP contribution in [0.25, 0.3) is 0 Å². The fourth-order valence-electron chi connectivity index (χ4n) is 1.02. The topological polar surface area (TPSA) is 69.4 Å². The SMILES string of the molecule is CCCCOCCS(=O)(=O)CC(C)N. The van der Waals surface area contributed by atoms with Crippen molar-refractivity contribution in [2.45, 2.75) is 32.7 Å². The molecule has 86 valence electrons. The molecule has 0 saturated heterocycles. The first-order chi connectivity index (χ1) is 6.48. The molecule has 0 bridgehead atoms. The number of rotatable bonds is 8. The minimum absolute atomic E-state index is 0.0458. The van der Waals surface area contributed by atoms with E-state index in [2.05, 4.69) is 6.92 Å². The van der Waals surface area contributed by atoms with Crippen LogP contribution in [-0.2, 0) is 14.6 Å². The first-order valence-corrected chi connectivity index (χ1v) is 6.84. The molecule has 0 amide bonds. The predicted octanol–water partition coefficient (Wildman–Crippen LogP) is 0.565. The maximum atomic E-state index is 11.3. The summed E-state index contributed by atoms with van der Waals surface area (Å²) < 4.78 is 27.8. The second-order valence-electron chi connectivity index (χ2n) is 3.56. The molecule has 0 spiro atoms. The van der Waals surface area contributed by atoms with E-state index in [1.54, 1.807) is 6.92 Å². The summed E-state index contributed by atoms with van der Waals surface area (Å²) in [7, 11) is -3.02. The molecule has 0 rings (SSSR count). The van der Waals surface area contributed by atoms with Crippen LogP contribution < -0.4 is 5.73 Å². The van der Waals surface area contributed by atoms with Crippen molar-refractivity contribution >= 4 is 9.84 Å². The van der Waals surface area contributed by atoms with Gasteiger partial charge in [-0.15, -0.1) is 0 Å². The van der Waals surface area contributed by atoms with Gasteiger partial charge in [-0.1, -0.05) is 13.3 Å². The highest BCUT2D eigenvalue weighted by Crippen LogP contribution is 1.94. The molecule has 0 aliphatic carbocycles. The average molecular weight is 223 g/mol. The molecule has 1 atom stereocenters. The van der Waals surface area contributed by atoms with Crippen LogP contribution in [-0.4, -0.2) is 39.2 Å². The van der Waals surface area contributed by atoms with Crippen molar-refractivity contribution in [3.05, 3.63) is 0 Å². The Balaban J connectivity index is 3.56. The van der Waals surface area contributed by atoms with Gasteiger partial charge < -0.3 is 10.5 Å². The summed E-state index contributed by atoms with van der Waals surface area (Å²) in [5, 5.41) is 0. The molecule has 0 radical (unpaired) electrons. The zero-order valence-electron chi connectivity index (χ0n) is 9.03. The molecule has 0 fully saturated rings. The van der Waals surface area contributed by atoms with Crippen LogP contribution in [0.4, 0.5) is 0 Å². The summed E-state index contributed by atoms with van der Waals surface area (Å²) in [6, 6.07) is -0.296. The van der Waals surface area contributed by atoms with Crippen molar-refractivity contribution in [2.24, 2.45) is 5.73 Å². The minimum Gasteiger partial charge on any atom is -0.380 e. The summed E-state index contributed by atoms with van der Waals surface area (Å²) in [5.41, 5.74) is 5.41. The van der Waals surface area contributed by atoms with Crippen LogP contribution in [0.15, 0.2) is 0 Å². The number of sulfone groups is 1. The smallest absolute Gasteiger partial charge is 0.154 e. The number of unbranched alkanes of at least 4 members (excludes halogenated alkanes) is 1. The van der Waals surface area contributed by atoms with Gasteiger partial charge in [0.1, 0.15) is 0 Å². The molecule has 2 N–H and O–H groups in total. The fourth-order valence-corrected chi connectivity index (χ4v) is 2.36. The molecule has 0 aromatic heterocycles.